The second kappa shape index (κ2) is 10.5. The van der Waals surface area contributed by atoms with E-state index in [4.69, 9.17) is 4.74 Å². The average Bonchev–Trinajstić information content (AvgIpc) is 3.45. The van der Waals surface area contributed by atoms with E-state index in [1.165, 1.54) is 11.3 Å². The second-order valence-electron chi connectivity index (χ2n) is 7.84. The summed E-state index contributed by atoms with van der Waals surface area (Å²) in [4.78, 5) is 40.3. The fourth-order valence-electron chi connectivity index (χ4n) is 3.68. The Balaban J connectivity index is 1.37. The molecule has 8 nitrogen and oxygen atoms in total. The summed E-state index contributed by atoms with van der Waals surface area (Å²) in [5, 5.41) is 8.12. The highest BCUT2D eigenvalue weighted by atomic mass is 32.1. The molecule has 4 aromatic rings. The molecule has 0 fully saturated rings. The number of carbonyl (C=O) groups excluding carboxylic acids is 3. The number of hydrogen-bond acceptors (Lipinski definition) is 6. The molecule has 2 aromatic carbocycles. The number of aromatic nitrogens is 2. The van der Waals surface area contributed by atoms with Gasteiger partial charge in [0.05, 0.1) is 11.4 Å². The van der Waals surface area contributed by atoms with Crippen molar-refractivity contribution >= 4 is 45.0 Å². The van der Waals surface area contributed by atoms with Gasteiger partial charge in [0.2, 0.25) is 0 Å². The summed E-state index contributed by atoms with van der Waals surface area (Å²) >= 11 is 1.27. The number of hydrogen-bond donors (Lipinski definition) is 1. The molecule has 2 heterocycles. The fraction of sp³-hybridized carbons (Fsp3) is 0.231. The van der Waals surface area contributed by atoms with Crippen molar-refractivity contribution in [3.8, 4) is 5.69 Å². The Bertz CT molecular complexity index is 1360. The van der Waals surface area contributed by atoms with Crippen LogP contribution in [0, 0.1) is 6.92 Å². The lowest BCUT2D eigenvalue weighted by atomic mass is 10.2. The third-order valence-corrected chi connectivity index (χ3v) is 6.64. The van der Waals surface area contributed by atoms with Crippen LogP contribution < -0.4 is 5.32 Å². The molecule has 4 rings (SSSR count). The Morgan fingerprint density at radius 1 is 1.03 bits per heavy atom. The first kappa shape index (κ1) is 24.2. The van der Waals surface area contributed by atoms with E-state index in [-0.39, 0.29) is 5.91 Å². The number of thiophene rings is 1. The number of esters is 1. The molecule has 0 spiro atoms. The summed E-state index contributed by atoms with van der Waals surface area (Å²) in [5.74, 6) is -1.09. The Hall–Kier alpha value is -3.98. The number of amides is 2. The largest absolute Gasteiger partial charge is 0.451 e. The molecule has 0 aliphatic carbocycles. The third kappa shape index (κ3) is 5.25. The molecule has 2 amide bonds. The molecule has 1 N–H and O–H groups in total. The van der Waals surface area contributed by atoms with Crippen molar-refractivity contribution in [1.82, 2.24) is 14.7 Å². The van der Waals surface area contributed by atoms with E-state index in [9.17, 15) is 14.4 Å². The molecule has 0 saturated carbocycles. The van der Waals surface area contributed by atoms with Crippen LogP contribution in [0.4, 0.5) is 5.69 Å². The molecule has 35 heavy (non-hydrogen) atoms. The molecular formula is C26H26N4O4S. The Kier molecular flexibility index (Phi) is 7.26. The molecule has 2 aromatic heterocycles. The zero-order chi connectivity index (χ0) is 24.9. The molecule has 0 unspecified atom stereocenters. The summed E-state index contributed by atoms with van der Waals surface area (Å²) in [6, 6.07) is 18.1. The van der Waals surface area contributed by atoms with E-state index in [0.717, 1.165) is 21.6 Å². The molecule has 0 saturated heterocycles. The van der Waals surface area contributed by atoms with Gasteiger partial charge in [-0.3, -0.25) is 9.59 Å². The van der Waals surface area contributed by atoms with Gasteiger partial charge in [-0.1, -0.05) is 18.2 Å². The molecular weight excluding hydrogens is 464 g/mol. The van der Waals surface area contributed by atoms with E-state index in [2.05, 4.69) is 10.4 Å². The quantitative estimate of drug-likeness (QED) is 0.362. The zero-order valence-corrected chi connectivity index (χ0v) is 20.6. The summed E-state index contributed by atoms with van der Waals surface area (Å²) < 4.78 is 7.04. The van der Waals surface area contributed by atoms with E-state index >= 15 is 0 Å². The van der Waals surface area contributed by atoms with Crippen molar-refractivity contribution in [3.63, 3.8) is 0 Å². The standard InChI is InChI=1S/C26H26N4O4S/c1-4-29(5-2)24(32)18-11-13-19(14-12-18)27-23(31)16-34-26(33)22-15-21-17(3)28-30(25(21)35-22)20-9-7-6-8-10-20/h6-15H,4-5,16H2,1-3H3,(H,27,31). The van der Waals surface area contributed by atoms with Crippen LogP contribution in [0.15, 0.2) is 60.7 Å². The minimum atomic E-state index is -0.569. The number of aryl methyl sites for hydroxylation is 1. The van der Waals surface area contributed by atoms with Crippen molar-refractivity contribution in [3.05, 3.63) is 76.8 Å². The van der Waals surface area contributed by atoms with Crippen LogP contribution >= 0.6 is 11.3 Å². The zero-order valence-electron chi connectivity index (χ0n) is 19.8. The number of carbonyl (C=O) groups is 3. The predicted octanol–water partition coefficient (Wildman–Crippen LogP) is 4.67. The number of ether oxygens (including phenoxy) is 1. The minimum absolute atomic E-state index is 0.0595. The molecule has 0 bridgehead atoms. The highest BCUT2D eigenvalue weighted by molar-refractivity contribution is 7.20. The van der Waals surface area contributed by atoms with Crippen molar-refractivity contribution in [1.29, 1.82) is 0 Å². The topological polar surface area (TPSA) is 93.5 Å². The van der Waals surface area contributed by atoms with Gasteiger partial charge >= 0.3 is 5.97 Å². The number of nitrogens with one attached hydrogen (secondary N) is 1. The van der Waals surface area contributed by atoms with E-state index in [1.54, 1.807) is 39.9 Å². The molecule has 0 aliphatic heterocycles. The Labute approximate surface area is 207 Å². The fourth-order valence-corrected chi connectivity index (χ4v) is 4.76. The number of para-hydroxylation sites is 1. The SMILES string of the molecule is CCN(CC)C(=O)c1ccc(NC(=O)COC(=O)c2cc3c(C)nn(-c4ccccc4)c3s2)cc1. The molecule has 0 atom stereocenters. The number of fused-ring (bicyclic) bond motifs is 1. The lowest BCUT2D eigenvalue weighted by Gasteiger charge is -2.18. The first-order valence-corrected chi connectivity index (χ1v) is 12.1. The van der Waals surface area contributed by atoms with Crippen LogP contribution in [-0.4, -0.2) is 52.2 Å². The van der Waals surface area contributed by atoms with Crippen LogP contribution in [0.2, 0.25) is 0 Å². The van der Waals surface area contributed by atoms with Crippen molar-refractivity contribution < 1.29 is 19.1 Å². The summed E-state index contributed by atoms with van der Waals surface area (Å²) in [5.41, 5.74) is 2.77. The van der Waals surface area contributed by atoms with Crippen molar-refractivity contribution in [2.45, 2.75) is 20.8 Å². The van der Waals surface area contributed by atoms with Crippen LogP contribution in [0.1, 0.15) is 39.6 Å². The van der Waals surface area contributed by atoms with E-state index < -0.39 is 18.5 Å². The third-order valence-electron chi connectivity index (χ3n) is 5.55. The summed E-state index contributed by atoms with van der Waals surface area (Å²) in [7, 11) is 0. The number of anilines is 1. The van der Waals surface area contributed by atoms with Gasteiger partial charge in [-0.15, -0.1) is 11.3 Å². The van der Waals surface area contributed by atoms with Crippen molar-refractivity contribution in [2.75, 3.05) is 25.0 Å². The maximum Gasteiger partial charge on any atom is 0.348 e. The maximum absolute atomic E-state index is 12.6. The summed E-state index contributed by atoms with van der Waals surface area (Å²) in [6.07, 6.45) is 0. The average molecular weight is 491 g/mol. The first-order chi connectivity index (χ1) is 16.9. The van der Waals surface area contributed by atoms with Gasteiger partial charge in [-0.2, -0.15) is 5.10 Å². The second-order valence-corrected chi connectivity index (χ2v) is 8.87. The number of rotatable bonds is 8. The van der Waals surface area contributed by atoms with E-state index in [0.29, 0.717) is 29.2 Å². The van der Waals surface area contributed by atoms with Crippen molar-refractivity contribution in [2.24, 2.45) is 0 Å². The van der Waals surface area contributed by atoms with Gasteiger partial charge in [-0.05, 0) is 63.2 Å². The lowest BCUT2D eigenvalue weighted by Crippen LogP contribution is -2.30. The van der Waals surface area contributed by atoms with Crippen LogP contribution in [0.3, 0.4) is 0 Å². The number of benzene rings is 2. The highest BCUT2D eigenvalue weighted by Gasteiger charge is 2.19. The first-order valence-electron chi connectivity index (χ1n) is 11.3. The minimum Gasteiger partial charge on any atom is -0.451 e. The number of nitrogens with zero attached hydrogens (tertiary/aromatic N) is 3. The lowest BCUT2D eigenvalue weighted by molar-refractivity contribution is -0.119. The van der Waals surface area contributed by atoms with E-state index in [1.807, 2.05) is 51.1 Å². The van der Waals surface area contributed by atoms with Gasteiger partial charge < -0.3 is 15.0 Å². The normalized spacial score (nSPS) is 10.8. The van der Waals surface area contributed by atoms with Gasteiger partial charge in [-0.25, -0.2) is 9.48 Å². The predicted molar refractivity (Wildman–Crippen MR) is 136 cm³/mol. The van der Waals surface area contributed by atoms with Gasteiger partial charge in [0.1, 0.15) is 9.71 Å². The van der Waals surface area contributed by atoms with Gasteiger partial charge in [0.15, 0.2) is 6.61 Å². The Morgan fingerprint density at radius 2 is 1.71 bits per heavy atom. The molecule has 9 heteroatoms. The maximum atomic E-state index is 12.6. The molecule has 0 aliphatic rings. The smallest absolute Gasteiger partial charge is 0.348 e. The monoisotopic (exact) mass is 490 g/mol. The highest BCUT2D eigenvalue weighted by Crippen LogP contribution is 2.30. The molecule has 0 radical (unpaired) electrons. The van der Waals surface area contributed by atoms with Crippen LogP contribution in [0.25, 0.3) is 15.9 Å². The summed E-state index contributed by atoms with van der Waals surface area (Å²) in [6.45, 7) is 6.57. The Morgan fingerprint density at radius 3 is 2.37 bits per heavy atom. The van der Waals surface area contributed by atoms with Crippen LogP contribution in [-0.2, 0) is 9.53 Å². The molecule has 180 valence electrons. The van der Waals surface area contributed by atoms with Gasteiger partial charge in [0.25, 0.3) is 11.8 Å². The van der Waals surface area contributed by atoms with Gasteiger partial charge in [0, 0.05) is 29.7 Å². The van der Waals surface area contributed by atoms with Crippen LogP contribution in [0.5, 0.6) is 0 Å².